The molecule has 3 atom stereocenters. The molecule has 1 aromatic rings. The molecule has 2 rings (SSSR count). The summed E-state index contributed by atoms with van der Waals surface area (Å²) in [6, 6.07) is 1.58. The topological polar surface area (TPSA) is 80.5 Å². The number of rotatable bonds is 4. The van der Waals surface area contributed by atoms with Crippen LogP contribution in [0, 0.1) is 18.8 Å². The Morgan fingerprint density at radius 1 is 1.41 bits per heavy atom. The first-order chi connectivity index (χ1) is 10.2. The molecule has 0 N–H and O–H groups in total. The van der Waals surface area contributed by atoms with Crippen LogP contribution in [0.2, 0.25) is 0 Å². The highest BCUT2D eigenvalue weighted by Crippen LogP contribution is 2.23. The molecule has 0 bridgehead atoms. The zero-order chi connectivity index (χ0) is 16.5. The number of likely N-dealkylation sites (tertiary alicyclic amines) is 1. The Hall–Kier alpha value is -1.37. The Morgan fingerprint density at radius 2 is 2.00 bits per heavy atom. The summed E-state index contributed by atoms with van der Waals surface area (Å²) in [6.07, 6.45) is 1.07. The summed E-state index contributed by atoms with van der Waals surface area (Å²) in [6.45, 7) is 8.61. The van der Waals surface area contributed by atoms with E-state index in [9.17, 15) is 13.2 Å². The van der Waals surface area contributed by atoms with Crippen molar-refractivity contribution in [3.63, 3.8) is 0 Å². The van der Waals surface area contributed by atoms with E-state index in [4.69, 9.17) is 4.52 Å². The van der Waals surface area contributed by atoms with E-state index in [2.05, 4.69) is 19.0 Å². The molecule has 124 valence electrons. The molecule has 7 heteroatoms. The minimum Gasteiger partial charge on any atom is -0.361 e. The van der Waals surface area contributed by atoms with Crippen molar-refractivity contribution in [1.29, 1.82) is 0 Å². The molecule has 2 heterocycles. The first-order valence-corrected chi connectivity index (χ1v) is 9.33. The lowest BCUT2D eigenvalue weighted by atomic mass is 9.92. The number of nitrogens with zero attached hydrogens (tertiary/aromatic N) is 2. The minimum atomic E-state index is -3.60. The van der Waals surface area contributed by atoms with Crippen molar-refractivity contribution >= 4 is 15.7 Å². The maximum Gasteiger partial charge on any atom is 0.240 e. The van der Waals surface area contributed by atoms with Gasteiger partial charge in [0.2, 0.25) is 5.91 Å². The van der Waals surface area contributed by atoms with Gasteiger partial charge in [-0.25, -0.2) is 8.42 Å². The van der Waals surface area contributed by atoms with Crippen LogP contribution in [-0.2, 0) is 20.4 Å². The lowest BCUT2D eigenvalue weighted by Crippen LogP contribution is -2.48. The summed E-state index contributed by atoms with van der Waals surface area (Å²) in [4.78, 5) is 14.2. The van der Waals surface area contributed by atoms with Crippen molar-refractivity contribution in [2.75, 3.05) is 13.1 Å². The second-order valence-electron chi connectivity index (χ2n) is 6.57. The third-order valence-corrected chi connectivity index (χ3v) is 6.07. The second-order valence-corrected chi connectivity index (χ2v) is 8.89. The van der Waals surface area contributed by atoms with Crippen molar-refractivity contribution in [3.8, 4) is 0 Å². The normalized spacial score (nSPS) is 24.3. The van der Waals surface area contributed by atoms with Gasteiger partial charge in [0.1, 0.15) is 11.0 Å². The number of carbonyl (C=O) groups excluding carboxylic acids is 1. The number of hydrogen-bond donors (Lipinski definition) is 0. The molecule has 1 fully saturated rings. The molecule has 0 aromatic carbocycles. The van der Waals surface area contributed by atoms with Gasteiger partial charge < -0.3 is 9.42 Å². The largest absolute Gasteiger partial charge is 0.361 e. The molecule has 6 nitrogen and oxygen atoms in total. The Labute approximate surface area is 131 Å². The zero-order valence-electron chi connectivity index (χ0n) is 13.6. The predicted molar refractivity (Wildman–Crippen MR) is 82.9 cm³/mol. The van der Waals surface area contributed by atoms with Gasteiger partial charge in [-0.3, -0.25) is 4.79 Å². The SMILES string of the molecule is Cc1cc(CS(=O)(=O)[C@H](C)C(=O)N2C[C@H](C)C[C@@H](C)C2)no1. The highest BCUT2D eigenvalue weighted by atomic mass is 32.2. The summed E-state index contributed by atoms with van der Waals surface area (Å²) >= 11 is 0. The standard InChI is InChI=1S/C15H24N2O4S/c1-10-5-11(2)8-17(7-10)15(18)13(4)22(19,20)9-14-6-12(3)21-16-14/h6,10-11,13H,5,7-9H2,1-4H3/t10-,11-,13-/m1/s1. The Kier molecular flexibility index (Phi) is 4.94. The smallest absolute Gasteiger partial charge is 0.240 e. The van der Waals surface area contributed by atoms with E-state index in [1.807, 2.05) is 0 Å². The summed E-state index contributed by atoms with van der Waals surface area (Å²) in [7, 11) is -3.60. The summed E-state index contributed by atoms with van der Waals surface area (Å²) < 4.78 is 29.7. The quantitative estimate of drug-likeness (QED) is 0.842. The molecule has 0 spiro atoms. The van der Waals surface area contributed by atoms with Gasteiger partial charge in [0.25, 0.3) is 0 Å². The van der Waals surface area contributed by atoms with E-state index < -0.39 is 15.1 Å². The van der Waals surface area contributed by atoms with E-state index in [1.165, 1.54) is 6.92 Å². The monoisotopic (exact) mass is 328 g/mol. The van der Waals surface area contributed by atoms with Gasteiger partial charge in [-0.15, -0.1) is 0 Å². The van der Waals surface area contributed by atoms with Crippen molar-refractivity contribution in [2.45, 2.75) is 45.1 Å². The first-order valence-electron chi connectivity index (χ1n) is 7.61. The van der Waals surface area contributed by atoms with Crippen LogP contribution < -0.4 is 0 Å². The molecular formula is C15H24N2O4S. The number of amides is 1. The second kappa shape index (κ2) is 6.40. The highest BCUT2D eigenvalue weighted by Gasteiger charge is 2.35. The molecule has 1 aromatic heterocycles. The summed E-state index contributed by atoms with van der Waals surface area (Å²) in [5.41, 5.74) is 0.345. The molecule has 1 amide bonds. The molecular weight excluding hydrogens is 304 g/mol. The molecule has 22 heavy (non-hydrogen) atoms. The molecule has 0 aliphatic carbocycles. The Balaban J connectivity index is 2.08. The maximum absolute atomic E-state index is 12.5. The van der Waals surface area contributed by atoms with Crippen molar-refractivity contribution in [3.05, 3.63) is 17.5 Å². The molecule has 0 saturated carbocycles. The first kappa shape index (κ1) is 17.0. The van der Waals surface area contributed by atoms with E-state index in [0.717, 1.165) is 6.42 Å². The molecule has 0 unspecified atom stereocenters. The molecule has 1 saturated heterocycles. The third-order valence-electron chi connectivity index (χ3n) is 4.09. The number of aryl methyl sites for hydroxylation is 1. The van der Waals surface area contributed by atoms with E-state index in [-0.39, 0.29) is 11.7 Å². The Bertz CT molecular complexity index is 628. The average Bonchev–Trinajstić information content (AvgIpc) is 2.80. The van der Waals surface area contributed by atoms with Gasteiger partial charge in [0.05, 0.1) is 11.4 Å². The molecule has 1 aliphatic heterocycles. The summed E-state index contributed by atoms with van der Waals surface area (Å²) in [5, 5.41) is 2.65. The number of carbonyl (C=O) groups is 1. The number of aromatic nitrogens is 1. The van der Waals surface area contributed by atoms with Crippen LogP contribution in [0.4, 0.5) is 0 Å². The van der Waals surface area contributed by atoms with Crippen LogP contribution in [0.25, 0.3) is 0 Å². The van der Waals surface area contributed by atoms with Crippen LogP contribution in [0.1, 0.15) is 38.6 Å². The summed E-state index contributed by atoms with van der Waals surface area (Å²) in [5.74, 6) is 0.791. The number of sulfone groups is 1. The van der Waals surface area contributed by atoms with Crippen molar-refractivity contribution in [1.82, 2.24) is 10.1 Å². The predicted octanol–water partition coefficient (Wildman–Crippen LogP) is 1.79. The van der Waals surface area contributed by atoms with Gasteiger partial charge in [-0.1, -0.05) is 19.0 Å². The van der Waals surface area contributed by atoms with Crippen LogP contribution in [0.5, 0.6) is 0 Å². The van der Waals surface area contributed by atoms with E-state index in [0.29, 0.717) is 36.4 Å². The van der Waals surface area contributed by atoms with Crippen molar-refractivity contribution in [2.24, 2.45) is 11.8 Å². The fourth-order valence-electron chi connectivity index (χ4n) is 3.07. The lowest BCUT2D eigenvalue weighted by Gasteiger charge is -2.36. The maximum atomic E-state index is 12.5. The zero-order valence-corrected chi connectivity index (χ0v) is 14.4. The van der Waals surface area contributed by atoms with Gasteiger partial charge >= 0.3 is 0 Å². The number of hydrogen-bond acceptors (Lipinski definition) is 5. The Morgan fingerprint density at radius 3 is 2.50 bits per heavy atom. The van der Waals surface area contributed by atoms with Crippen LogP contribution in [0.15, 0.2) is 10.6 Å². The van der Waals surface area contributed by atoms with Gasteiger partial charge in [0.15, 0.2) is 9.84 Å². The van der Waals surface area contributed by atoms with E-state index >= 15 is 0 Å². The fraction of sp³-hybridized carbons (Fsp3) is 0.733. The molecule has 0 radical (unpaired) electrons. The third kappa shape index (κ3) is 3.88. The molecule has 1 aliphatic rings. The van der Waals surface area contributed by atoms with Crippen molar-refractivity contribution < 1.29 is 17.7 Å². The van der Waals surface area contributed by atoms with Gasteiger partial charge in [0, 0.05) is 19.2 Å². The highest BCUT2D eigenvalue weighted by molar-refractivity contribution is 7.92. The minimum absolute atomic E-state index is 0.268. The average molecular weight is 328 g/mol. The van der Waals surface area contributed by atoms with Gasteiger partial charge in [-0.05, 0) is 32.1 Å². The van der Waals surface area contributed by atoms with Gasteiger partial charge in [-0.2, -0.15) is 0 Å². The van der Waals surface area contributed by atoms with Crippen LogP contribution in [-0.4, -0.2) is 42.7 Å². The lowest BCUT2D eigenvalue weighted by molar-refractivity contribution is -0.133. The van der Waals surface area contributed by atoms with Crippen LogP contribution >= 0.6 is 0 Å². The fourth-order valence-corrected chi connectivity index (χ4v) is 4.33. The van der Waals surface area contributed by atoms with E-state index in [1.54, 1.807) is 17.9 Å². The van der Waals surface area contributed by atoms with Crippen LogP contribution in [0.3, 0.4) is 0 Å². The number of piperidine rings is 1.